The lowest BCUT2D eigenvalue weighted by atomic mass is 10.2. The highest BCUT2D eigenvalue weighted by atomic mass is 35.5. The van der Waals surface area contributed by atoms with Crippen LogP contribution < -0.4 is 15.0 Å². The maximum Gasteiger partial charge on any atom is 0.343 e. The van der Waals surface area contributed by atoms with Gasteiger partial charge in [-0.15, -0.1) is 0 Å². The molecule has 0 unspecified atom stereocenters. The van der Waals surface area contributed by atoms with Gasteiger partial charge in [-0.3, -0.25) is 9.59 Å². The lowest BCUT2D eigenvalue weighted by Gasteiger charge is -2.17. The van der Waals surface area contributed by atoms with Crippen LogP contribution in [-0.2, 0) is 9.59 Å². The minimum Gasteiger partial charge on any atom is -0.423 e. The minimum atomic E-state index is -0.739. The van der Waals surface area contributed by atoms with Crippen molar-refractivity contribution >= 4 is 75.6 Å². The first kappa shape index (κ1) is 23.1. The van der Waals surface area contributed by atoms with Crippen molar-refractivity contribution in [3.05, 3.63) is 98.1 Å². The first-order chi connectivity index (χ1) is 15.8. The monoisotopic (exact) mass is 520 g/mol. The SMILES string of the molecule is O=C(Oc1ccc(Cl)cc1)c1ccc(NC2=C(Cl)C(=O)N(c3cccc(Cl)c3Cl)C2=O)cc1. The van der Waals surface area contributed by atoms with Gasteiger partial charge in [-0.05, 0) is 60.7 Å². The molecule has 1 aliphatic heterocycles. The molecule has 0 bridgehead atoms. The number of benzene rings is 3. The Morgan fingerprint density at radius 3 is 2.15 bits per heavy atom. The van der Waals surface area contributed by atoms with Crippen LogP contribution in [0.2, 0.25) is 15.1 Å². The van der Waals surface area contributed by atoms with Crippen molar-refractivity contribution in [3.63, 3.8) is 0 Å². The summed E-state index contributed by atoms with van der Waals surface area (Å²) in [4.78, 5) is 38.7. The molecule has 1 aliphatic rings. The molecule has 0 spiro atoms. The van der Waals surface area contributed by atoms with Gasteiger partial charge >= 0.3 is 5.97 Å². The quantitative estimate of drug-likeness (QED) is 0.242. The van der Waals surface area contributed by atoms with Gasteiger partial charge in [0, 0.05) is 10.7 Å². The van der Waals surface area contributed by atoms with E-state index in [4.69, 9.17) is 51.1 Å². The number of esters is 1. The number of ether oxygens (including phenoxy) is 1. The van der Waals surface area contributed by atoms with Crippen molar-refractivity contribution in [2.45, 2.75) is 0 Å². The molecule has 0 aromatic heterocycles. The maximum atomic E-state index is 12.9. The lowest BCUT2D eigenvalue weighted by molar-refractivity contribution is -0.120. The molecular weight excluding hydrogens is 510 g/mol. The minimum absolute atomic E-state index is 0.0511. The van der Waals surface area contributed by atoms with Crippen LogP contribution in [-0.4, -0.2) is 17.8 Å². The van der Waals surface area contributed by atoms with Gasteiger partial charge in [-0.2, -0.15) is 0 Å². The largest absolute Gasteiger partial charge is 0.423 e. The summed E-state index contributed by atoms with van der Waals surface area (Å²) in [7, 11) is 0. The van der Waals surface area contributed by atoms with E-state index in [1.165, 1.54) is 24.3 Å². The average Bonchev–Trinajstić information content (AvgIpc) is 3.01. The Bertz CT molecular complexity index is 1310. The molecule has 0 saturated heterocycles. The van der Waals surface area contributed by atoms with E-state index >= 15 is 0 Å². The maximum absolute atomic E-state index is 12.9. The van der Waals surface area contributed by atoms with Gasteiger partial charge in [0.25, 0.3) is 11.8 Å². The van der Waals surface area contributed by atoms with Crippen molar-refractivity contribution < 1.29 is 19.1 Å². The molecule has 3 aromatic carbocycles. The predicted octanol–water partition coefficient (Wildman–Crippen LogP) is 6.30. The second-order valence-electron chi connectivity index (χ2n) is 6.75. The number of nitrogens with one attached hydrogen (secondary N) is 1. The van der Waals surface area contributed by atoms with Gasteiger partial charge in [0.05, 0.1) is 21.3 Å². The van der Waals surface area contributed by atoms with Gasteiger partial charge in [0.15, 0.2) is 0 Å². The summed E-state index contributed by atoms with van der Waals surface area (Å²) in [6.45, 7) is 0. The molecule has 4 rings (SSSR count). The second-order valence-corrected chi connectivity index (χ2v) is 8.35. The number of anilines is 2. The third-order valence-electron chi connectivity index (χ3n) is 4.61. The van der Waals surface area contributed by atoms with Crippen LogP contribution in [0.5, 0.6) is 5.75 Å². The van der Waals surface area contributed by atoms with E-state index in [1.807, 2.05) is 0 Å². The van der Waals surface area contributed by atoms with Crippen molar-refractivity contribution in [2.24, 2.45) is 0 Å². The highest BCUT2D eigenvalue weighted by Gasteiger charge is 2.40. The van der Waals surface area contributed by atoms with Gasteiger partial charge in [0.2, 0.25) is 0 Å². The van der Waals surface area contributed by atoms with Crippen LogP contribution in [0.15, 0.2) is 77.5 Å². The van der Waals surface area contributed by atoms with Gasteiger partial charge < -0.3 is 10.1 Å². The summed E-state index contributed by atoms with van der Waals surface area (Å²) in [5.41, 5.74) is 0.687. The number of rotatable bonds is 5. The third kappa shape index (κ3) is 4.70. The molecular formula is C23H12Cl4N2O4. The van der Waals surface area contributed by atoms with E-state index in [1.54, 1.807) is 42.5 Å². The number of imide groups is 1. The molecule has 1 N–H and O–H groups in total. The third-order valence-corrected chi connectivity index (χ3v) is 6.03. The van der Waals surface area contributed by atoms with Crippen LogP contribution in [0.1, 0.15) is 10.4 Å². The van der Waals surface area contributed by atoms with Crippen molar-refractivity contribution in [2.75, 3.05) is 10.2 Å². The van der Waals surface area contributed by atoms with Gasteiger partial charge in [0.1, 0.15) is 16.5 Å². The van der Waals surface area contributed by atoms with E-state index in [0.717, 1.165) is 4.90 Å². The number of hydrogen-bond acceptors (Lipinski definition) is 5. The molecule has 0 atom stereocenters. The van der Waals surface area contributed by atoms with Crippen molar-refractivity contribution in [1.29, 1.82) is 0 Å². The lowest BCUT2D eigenvalue weighted by Crippen LogP contribution is -2.32. The Labute approximate surface area is 208 Å². The summed E-state index contributed by atoms with van der Waals surface area (Å²) in [5, 5.41) is 3.28. The molecule has 2 amide bonds. The fourth-order valence-corrected chi connectivity index (χ4v) is 3.72. The molecule has 10 heteroatoms. The zero-order valence-corrected chi connectivity index (χ0v) is 19.5. The van der Waals surface area contributed by atoms with Gasteiger partial charge in [-0.1, -0.05) is 52.5 Å². The highest BCUT2D eigenvalue weighted by molar-refractivity contribution is 6.54. The summed E-state index contributed by atoms with van der Waals surface area (Å²) in [6, 6.07) is 17.0. The zero-order chi connectivity index (χ0) is 23.7. The van der Waals surface area contributed by atoms with Crippen LogP contribution in [0.4, 0.5) is 11.4 Å². The van der Waals surface area contributed by atoms with Crippen molar-refractivity contribution in [3.8, 4) is 5.75 Å². The molecule has 6 nitrogen and oxygen atoms in total. The van der Waals surface area contributed by atoms with Crippen LogP contribution >= 0.6 is 46.4 Å². The Kier molecular flexibility index (Phi) is 6.63. The molecule has 1 heterocycles. The Morgan fingerprint density at radius 1 is 0.818 bits per heavy atom. The normalized spacial score (nSPS) is 13.5. The summed E-state index contributed by atoms with van der Waals surface area (Å²) >= 11 is 24.1. The average molecular weight is 522 g/mol. The Morgan fingerprint density at radius 2 is 1.48 bits per heavy atom. The molecule has 166 valence electrons. The number of carbonyl (C=O) groups excluding carboxylic acids is 3. The smallest absolute Gasteiger partial charge is 0.343 e. The molecule has 33 heavy (non-hydrogen) atoms. The van der Waals surface area contributed by atoms with Crippen molar-refractivity contribution in [1.82, 2.24) is 0 Å². The topological polar surface area (TPSA) is 75.7 Å². The zero-order valence-electron chi connectivity index (χ0n) is 16.4. The number of nitrogens with zero attached hydrogens (tertiary/aromatic N) is 1. The number of carbonyl (C=O) groups is 3. The van der Waals surface area contributed by atoms with E-state index in [9.17, 15) is 14.4 Å². The van der Waals surface area contributed by atoms with E-state index < -0.39 is 17.8 Å². The molecule has 3 aromatic rings. The number of amides is 2. The molecule has 0 aliphatic carbocycles. The first-order valence-electron chi connectivity index (χ1n) is 9.33. The molecule has 0 radical (unpaired) electrons. The summed E-state index contributed by atoms with van der Waals surface area (Å²) in [5.74, 6) is -1.66. The summed E-state index contributed by atoms with van der Waals surface area (Å²) in [6.07, 6.45) is 0. The highest BCUT2D eigenvalue weighted by Crippen LogP contribution is 2.37. The summed E-state index contributed by atoms with van der Waals surface area (Å²) < 4.78 is 5.28. The first-order valence-corrected chi connectivity index (χ1v) is 10.8. The van der Waals surface area contributed by atoms with Crippen LogP contribution in [0, 0.1) is 0 Å². The van der Waals surface area contributed by atoms with E-state index in [0.29, 0.717) is 16.5 Å². The van der Waals surface area contributed by atoms with Crippen LogP contribution in [0.25, 0.3) is 0 Å². The van der Waals surface area contributed by atoms with E-state index in [2.05, 4.69) is 5.32 Å². The Balaban J connectivity index is 1.50. The van der Waals surface area contributed by atoms with Crippen LogP contribution in [0.3, 0.4) is 0 Å². The molecule has 0 saturated carbocycles. The second kappa shape index (κ2) is 9.45. The fourth-order valence-electron chi connectivity index (χ4n) is 3.00. The predicted molar refractivity (Wildman–Crippen MR) is 128 cm³/mol. The van der Waals surface area contributed by atoms with E-state index in [-0.39, 0.29) is 32.0 Å². The Hall–Kier alpha value is -3.03. The number of hydrogen-bond donors (Lipinski definition) is 1. The fraction of sp³-hybridized carbons (Fsp3) is 0. The number of halogens is 4. The van der Waals surface area contributed by atoms with Gasteiger partial charge in [-0.25, -0.2) is 9.69 Å². The molecule has 0 fully saturated rings. The standard InChI is InChI=1S/C23H12Cl4N2O4/c24-13-6-10-15(11-7-13)33-23(32)12-4-8-14(9-5-12)28-20-19(27)21(30)29(22(20)31)17-3-1-2-16(25)18(17)26/h1-11,28H.